The minimum Gasteiger partial charge on any atom is -0.381 e. The highest BCUT2D eigenvalue weighted by Gasteiger charge is 2.31. The summed E-state index contributed by atoms with van der Waals surface area (Å²) in [7, 11) is 0. The van der Waals surface area contributed by atoms with Crippen LogP contribution in [-0.4, -0.2) is 25.7 Å². The van der Waals surface area contributed by atoms with Crippen LogP contribution < -0.4 is 4.90 Å². The molecule has 0 bridgehead atoms. The maximum atomic E-state index is 12.9. The van der Waals surface area contributed by atoms with Crippen LogP contribution in [0, 0.1) is 12.3 Å². The largest absolute Gasteiger partial charge is 0.381 e. The van der Waals surface area contributed by atoms with E-state index in [0.29, 0.717) is 13.2 Å². The van der Waals surface area contributed by atoms with E-state index in [1.54, 1.807) is 0 Å². The number of unbranched alkanes of at least 4 members (excludes halogenated alkanes) is 1. The molecule has 3 nitrogen and oxygen atoms in total. The van der Waals surface area contributed by atoms with E-state index in [0.717, 1.165) is 50.8 Å². The highest BCUT2D eigenvalue weighted by atomic mass is 16.5. The summed E-state index contributed by atoms with van der Waals surface area (Å²) in [5.74, 6) is 0.422. The Balaban J connectivity index is 1.32. The lowest BCUT2D eigenvalue weighted by Crippen LogP contribution is -2.37. The number of carbonyl (C=O) groups excluding carboxylic acids is 1. The molecule has 0 aliphatic carbocycles. The molecule has 0 aromatic heterocycles. The number of amides is 1. The third kappa shape index (κ3) is 4.41. The molecule has 0 spiro atoms. The van der Waals surface area contributed by atoms with Gasteiger partial charge in [0.1, 0.15) is 0 Å². The van der Waals surface area contributed by atoms with Crippen molar-refractivity contribution in [2.45, 2.75) is 38.5 Å². The Hall–Kier alpha value is -2.13. The number of nitrogens with zero attached hydrogens (tertiary/aromatic N) is 1. The molecule has 1 radical (unpaired) electrons. The van der Waals surface area contributed by atoms with Gasteiger partial charge < -0.3 is 9.64 Å². The Bertz CT molecular complexity index is 765. The lowest BCUT2D eigenvalue weighted by Gasteiger charge is -2.26. The molecule has 1 saturated heterocycles. The van der Waals surface area contributed by atoms with Gasteiger partial charge in [-0.05, 0) is 67.7 Å². The number of rotatable bonds is 6. The van der Waals surface area contributed by atoms with Gasteiger partial charge in [0.15, 0.2) is 0 Å². The van der Waals surface area contributed by atoms with E-state index in [1.807, 2.05) is 4.90 Å². The molecule has 4 rings (SSSR count). The highest BCUT2D eigenvalue weighted by molar-refractivity contribution is 5.97. The van der Waals surface area contributed by atoms with Crippen LogP contribution in [0.5, 0.6) is 0 Å². The van der Waals surface area contributed by atoms with Crippen LogP contribution in [-0.2, 0) is 22.4 Å². The lowest BCUT2D eigenvalue weighted by atomic mass is 9.98. The van der Waals surface area contributed by atoms with Crippen LogP contribution in [0.15, 0.2) is 48.5 Å². The summed E-state index contributed by atoms with van der Waals surface area (Å²) in [6.45, 7) is 2.25. The number of aryl methyl sites for hydroxylation is 1. The second-order valence-electron chi connectivity index (χ2n) is 7.60. The van der Waals surface area contributed by atoms with Crippen LogP contribution >= 0.6 is 0 Å². The summed E-state index contributed by atoms with van der Waals surface area (Å²) in [6.07, 6.45) is 8.38. The number of carbonyl (C=O) groups is 1. The molecule has 0 N–H and O–H groups in total. The molecule has 2 heterocycles. The summed E-state index contributed by atoms with van der Waals surface area (Å²) >= 11 is 0. The maximum absolute atomic E-state index is 12.9. The van der Waals surface area contributed by atoms with Gasteiger partial charge in [0.25, 0.3) is 0 Å². The molecule has 1 fully saturated rings. The molecule has 141 valence electrons. The van der Waals surface area contributed by atoms with Crippen LogP contribution in [0.1, 0.15) is 42.4 Å². The van der Waals surface area contributed by atoms with Gasteiger partial charge in [0.05, 0.1) is 0 Å². The Morgan fingerprint density at radius 3 is 2.74 bits per heavy atom. The third-order valence-corrected chi connectivity index (χ3v) is 5.73. The topological polar surface area (TPSA) is 29.5 Å². The Kier molecular flexibility index (Phi) is 5.88. The Morgan fingerprint density at radius 1 is 1.11 bits per heavy atom. The average molecular weight is 362 g/mol. The quantitative estimate of drug-likeness (QED) is 0.704. The number of fused-ring (bicyclic) bond motifs is 1. The van der Waals surface area contributed by atoms with E-state index in [1.165, 1.54) is 16.7 Å². The monoisotopic (exact) mass is 362 g/mol. The molecule has 27 heavy (non-hydrogen) atoms. The molecule has 2 aromatic rings. The van der Waals surface area contributed by atoms with E-state index in [4.69, 9.17) is 4.74 Å². The standard InChI is InChI=1S/C24H28NO2/c26-24(21-13-16-27-17-14-21)25-15-12-22-18-20(10-11-23(22)25)9-5-4-8-19-6-2-1-3-7-19/h1-3,6-7,9-11,18,21H,4-5,8,12-17H2. The smallest absolute Gasteiger partial charge is 0.230 e. The van der Waals surface area contributed by atoms with Crippen LogP contribution in [0.2, 0.25) is 0 Å². The fourth-order valence-electron chi connectivity index (χ4n) is 4.16. The van der Waals surface area contributed by atoms with Crippen molar-refractivity contribution in [2.24, 2.45) is 5.92 Å². The fraction of sp³-hybridized carbons (Fsp3) is 0.417. The van der Waals surface area contributed by atoms with Gasteiger partial charge in [-0.25, -0.2) is 0 Å². The molecule has 0 atom stereocenters. The molecule has 0 saturated carbocycles. The van der Waals surface area contributed by atoms with Gasteiger partial charge in [0, 0.05) is 31.4 Å². The maximum Gasteiger partial charge on any atom is 0.230 e. The lowest BCUT2D eigenvalue weighted by molar-refractivity contribution is -0.125. The molecule has 2 aliphatic heterocycles. The number of benzene rings is 2. The van der Waals surface area contributed by atoms with Gasteiger partial charge >= 0.3 is 0 Å². The first kappa shape index (κ1) is 18.2. The van der Waals surface area contributed by atoms with Crippen molar-refractivity contribution in [2.75, 3.05) is 24.7 Å². The first-order chi connectivity index (χ1) is 13.3. The molecular formula is C24H28NO2. The zero-order valence-electron chi connectivity index (χ0n) is 15.9. The van der Waals surface area contributed by atoms with E-state index in [-0.39, 0.29) is 11.8 Å². The van der Waals surface area contributed by atoms with Gasteiger partial charge in [0.2, 0.25) is 5.91 Å². The predicted octanol–water partition coefficient (Wildman–Crippen LogP) is 4.58. The van der Waals surface area contributed by atoms with Gasteiger partial charge in [-0.15, -0.1) is 0 Å². The van der Waals surface area contributed by atoms with Gasteiger partial charge in [-0.1, -0.05) is 42.5 Å². The third-order valence-electron chi connectivity index (χ3n) is 5.73. The minimum atomic E-state index is 0.133. The van der Waals surface area contributed by atoms with Crippen molar-refractivity contribution < 1.29 is 9.53 Å². The Labute approximate surface area is 162 Å². The summed E-state index contributed by atoms with van der Waals surface area (Å²) in [4.78, 5) is 14.9. The number of hydrogen-bond acceptors (Lipinski definition) is 2. The summed E-state index contributed by atoms with van der Waals surface area (Å²) in [5.41, 5.74) is 5.12. The van der Waals surface area contributed by atoms with E-state index < -0.39 is 0 Å². The van der Waals surface area contributed by atoms with E-state index in [9.17, 15) is 4.79 Å². The second-order valence-corrected chi connectivity index (χ2v) is 7.60. The summed E-state index contributed by atoms with van der Waals surface area (Å²) in [6, 6.07) is 17.2. The van der Waals surface area contributed by atoms with Crippen molar-refractivity contribution in [1.82, 2.24) is 0 Å². The van der Waals surface area contributed by atoms with Crippen molar-refractivity contribution in [3.05, 3.63) is 71.6 Å². The van der Waals surface area contributed by atoms with E-state index >= 15 is 0 Å². The van der Waals surface area contributed by atoms with Crippen molar-refractivity contribution in [3.8, 4) is 0 Å². The van der Waals surface area contributed by atoms with Crippen LogP contribution in [0.25, 0.3) is 0 Å². The van der Waals surface area contributed by atoms with Crippen molar-refractivity contribution in [1.29, 1.82) is 0 Å². The zero-order chi connectivity index (χ0) is 18.5. The first-order valence-electron chi connectivity index (χ1n) is 10.2. The molecule has 2 aromatic carbocycles. The summed E-state index contributed by atoms with van der Waals surface area (Å²) in [5, 5.41) is 0. The molecule has 3 heteroatoms. The SMILES string of the molecule is O=C(C1CCOCC1)N1CCc2cc([CH]CCCc3ccccc3)ccc21. The molecule has 0 unspecified atom stereocenters. The second kappa shape index (κ2) is 8.71. The van der Waals surface area contributed by atoms with E-state index in [2.05, 4.69) is 55.0 Å². The number of anilines is 1. The first-order valence-corrected chi connectivity index (χ1v) is 10.2. The number of ether oxygens (including phenoxy) is 1. The Morgan fingerprint density at radius 2 is 1.93 bits per heavy atom. The van der Waals surface area contributed by atoms with Gasteiger partial charge in [-0.3, -0.25) is 4.79 Å². The normalized spacial score (nSPS) is 17.1. The molecule has 2 aliphatic rings. The predicted molar refractivity (Wildman–Crippen MR) is 109 cm³/mol. The zero-order valence-corrected chi connectivity index (χ0v) is 15.9. The fourth-order valence-corrected chi connectivity index (χ4v) is 4.16. The van der Waals surface area contributed by atoms with Crippen molar-refractivity contribution >= 4 is 11.6 Å². The molecular weight excluding hydrogens is 334 g/mol. The minimum absolute atomic E-state index is 0.133. The average Bonchev–Trinajstić information content (AvgIpc) is 3.15. The van der Waals surface area contributed by atoms with Crippen LogP contribution in [0.3, 0.4) is 0 Å². The molecule has 1 amide bonds. The van der Waals surface area contributed by atoms with Crippen molar-refractivity contribution in [3.63, 3.8) is 0 Å². The summed E-state index contributed by atoms with van der Waals surface area (Å²) < 4.78 is 5.40. The number of hydrogen-bond donors (Lipinski definition) is 0. The van der Waals surface area contributed by atoms with Crippen LogP contribution in [0.4, 0.5) is 5.69 Å². The van der Waals surface area contributed by atoms with Gasteiger partial charge in [-0.2, -0.15) is 0 Å². The highest BCUT2D eigenvalue weighted by Crippen LogP contribution is 2.32.